The molecule has 1 aliphatic rings. The van der Waals surface area contributed by atoms with Crippen molar-refractivity contribution in [2.24, 2.45) is 7.05 Å². The smallest absolute Gasteiger partial charge is 0.255 e. The largest absolute Gasteiger partial charge is 0.334 e. The maximum atomic E-state index is 12.9. The van der Waals surface area contributed by atoms with Crippen molar-refractivity contribution in [1.82, 2.24) is 19.6 Å². The monoisotopic (exact) mass is 346 g/mol. The van der Waals surface area contributed by atoms with Crippen molar-refractivity contribution in [3.05, 3.63) is 40.3 Å². The maximum absolute atomic E-state index is 12.9. The van der Waals surface area contributed by atoms with Gasteiger partial charge in [0.2, 0.25) is 0 Å². The molecule has 130 valence electrons. The molecular weight excluding hydrogens is 320 g/mol. The normalized spacial score (nSPS) is 21.2. The number of rotatable bonds is 5. The number of likely N-dealkylation sites (tertiary alicyclic amines) is 1. The summed E-state index contributed by atoms with van der Waals surface area (Å²) in [7, 11) is 4.11. The number of hydrogen-bond donors (Lipinski definition) is 0. The van der Waals surface area contributed by atoms with Crippen LogP contribution < -0.4 is 0 Å². The van der Waals surface area contributed by atoms with Crippen LogP contribution in [0, 0.1) is 0 Å². The number of hydrogen-bond acceptors (Lipinski definition) is 4. The van der Waals surface area contributed by atoms with Gasteiger partial charge in [0.05, 0.1) is 17.8 Å². The molecule has 0 aliphatic carbocycles. The van der Waals surface area contributed by atoms with Gasteiger partial charge in [0.1, 0.15) is 0 Å². The highest BCUT2D eigenvalue weighted by Crippen LogP contribution is 2.28. The molecule has 5 nitrogen and oxygen atoms in total. The molecule has 0 radical (unpaired) electrons. The first-order valence-corrected chi connectivity index (χ1v) is 9.44. The Kier molecular flexibility index (Phi) is 5.06. The first kappa shape index (κ1) is 17.2. The lowest BCUT2D eigenvalue weighted by atomic mass is 9.99. The van der Waals surface area contributed by atoms with Gasteiger partial charge >= 0.3 is 0 Å². The minimum Gasteiger partial charge on any atom is -0.334 e. The van der Waals surface area contributed by atoms with Crippen LogP contribution in [-0.4, -0.2) is 57.2 Å². The predicted octanol–water partition coefficient (Wildman–Crippen LogP) is 2.65. The fourth-order valence-electron chi connectivity index (χ4n) is 3.56. The molecule has 0 aromatic carbocycles. The van der Waals surface area contributed by atoms with E-state index in [2.05, 4.69) is 42.0 Å². The van der Waals surface area contributed by atoms with Gasteiger partial charge in [0.25, 0.3) is 5.91 Å². The maximum Gasteiger partial charge on any atom is 0.255 e. The van der Waals surface area contributed by atoms with Crippen molar-refractivity contribution in [1.29, 1.82) is 0 Å². The van der Waals surface area contributed by atoms with Crippen molar-refractivity contribution in [2.75, 3.05) is 13.6 Å². The Morgan fingerprint density at radius 3 is 2.88 bits per heavy atom. The Balaban J connectivity index is 1.85. The Bertz CT molecular complexity index is 679. The summed E-state index contributed by atoms with van der Waals surface area (Å²) in [5.74, 6) is 0.157. The van der Waals surface area contributed by atoms with Crippen LogP contribution >= 0.6 is 11.3 Å². The standard InChI is InChI=1S/C18H26N4OS/c1-13(2)21(4)16-5-7-22(18(23)15-6-8-24-12-15)17(16)9-14-10-19-20(3)11-14/h6,8,10-13,16-17H,5,7,9H2,1-4H3/t16-,17+/m1/s1. The lowest BCUT2D eigenvalue weighted by Gasteiger charge is -2.35. The Labute approximate surface area is 147 Å². The van der Waals surface area contributed by atoms with E-state index < -0.39 is 0 Å². The summed E-state index contributed by atoms with van der Waals surface area (Å²) in [5.41, 5.74) is 2.00. The fourth-order valence-corrected chi connectivity index (χ4v) is 4.19. The summed E-state index contributed by atoms with van der Waals surface area (Å²) in [5, 5.41) is 8.20. The molecule has 0 N–H and O–H groups in total. The molecule has 1 amide bonds. The van der Waals surface area contributed by atoms with Gasteiger partial charge in [-0.15, -0.1) is 0 Å². The van der Waals surface area contributed by atoms with Gasteiger partial charge in [-0.2, -0.15) is 16.4 Å². The van der Waals surface area contributed by atoms with E-state index in [9.17, 15) is 4.79 Å². The molecule has 0 saturated carbocycles. The van der Waals surface area contributed by atoms with Crippen molar-refractivity contribution < 1.29 is 4.79 Å². The average Bonchev–Trinajstić information content (AvgIpc) is 3.27. The van der Waals surface area contributed by atoms with Gasteiger partial charge in [-0.3, -0.25) is 14.4 Å². The van der Waals surface area contributed by atoms with E-state index in [1.807, 2.05) is 34.8 Å². The van der Waals surface area contributed by atoms with Gasteiger partial charge in [-0.1, -0.05) is 0 Å². The zero-order valence-electron chi connectivity index (χ0n) is 14.8. The zero-order chi connectivity index (χ0) is 17.3. The molecule has 2 aromatic heterocycles. The Morgan fingerprint density at radius 2 is 2.29 bits per heavy atom. The number of aromatic nitrogens is 2. The van der Waals surface area contributed by atoms with Crippen LogP contribution in [0.5, 0.6) is 0 Å². The topological polar surface area (TPSA) is 41.4 Å². The van der Waals surface area contributed by atoms with E-state index >= 15 is 0 Å². The quantitative estimate of drug-likeness (QED) is 0.836. The molecule has 0 spiro atoms. The van der Waals surface area contributed by atoms with Gasteiger partial charge in [-0.05, 0) is 50.7 Å². The third-order valence-electron chi connectivity index (χ3n) is 5.08. The van der Waals surface area contributed by atoms with Crippen LogP contribution in [0.25, 0.3) is 0 Å². The molecule has 2 aromatic rings. The van der Waals surface area contributed by atoms with Crippen molar-refractivity contribution in [2.45, 2.75) is 44.8 Å². The molecule has 3 heterocycles. The van der Waals surface area contributed by atoms with Crippen LogP contribution in [0.4, 0.5) is 0 Å². The Morgan fingerprint density at radius 1 is 1.50 bits per heavy atom. The van der Waals surface area contributed by atoms with Gasteiger partial charge in [-0.25, -0.2) is 0 Å². The number of thiophene rings is 1. The van der Waals surface area contributed by atoms with E-state index in [0.717, 1.165) is 24.9 Å². The first-order valence-electron chi connectivity index (χ1n) is 8.50. The average molecular weight is 347 g/mol. The van der Waals surface area contributed by atoms with Gasteiger partial charge < -0.3 is 4.90 Å². The van der Waals surface area contributed by atoms with Crippen LogP contribution in [0.1, 0.15) is 36.2 Å². The molecule has 24 heavy (non-hydrogen) atoms. The molecule has 1 aliphatic heterocycles. The minimum atomic E-state index is 0.157. The minimum absolute atomic E-state index is 0.157. The van der Waals surface area contributed by atoms with E-state index in [4.69, 9.17) is 0 Å². The van der Waals surface area contributed by atoms with Crippen molar-refractivity contribution in [3.63, 3.8) is 0 Å². The van der Waals surface area contributed by atoms with Gasteiger partial charge in [0.15, 0.2) is 0 Å². The van der Waals surface area contributed by atoms with E-state index in [0.29, 0.717) is 12.1 Å². The molecule has 2 atom stereocenters. The summed E-state index contributed by atoms with van der Waals surface area (Å²) in [6.07, 6.45) is 5.84. The number of carbonyl (C=O) groups is 1. The molecule has 6 heteroatoms. The second-order valence-electron chi connectivity index (χ2n) is 6.92. The van der Waals surface area contributed by atoms with Crippen LogP contribution in [-0.2, 0) is 13.5 Å². The lowest BCUT2D eigenvalue weighted by molar-refractivity contribution is 0.0680. The summed E-state index contributed by atoms with van der Waals surface area (Å²) in [6, 6.07) is 2.96. The van der Waals surface area contributed by atoms with Crippen LogP contribution in [0.2, 0.25) is 0 Å². The predicted molar refractivity (Wildman–Crippen MR) is 97.4 cm³/mol. The highest BCUT2D eigenvalue weighted by atomic mass is 32.1. The van der Waals surface area contributed by atoms with Gasteiger partial charge in [0, 0.05) is 37.3 Å². The molecule has 1 fully saturated rings. The van der Waals surface area contributed by atoms with Crippen LogP contribution in [0.3, 0.4) is 0 Å². The molecule has 0 bridgehead atoms. The molecule has 3 rings (SSSR count). The summed E-state index contributed by atoms with van der Waals surface area (Å²) < 4.78 is 1.83. The first-order chi connectivity index (χ1) is 11.5. The summed E-state index contributed by atoms with van der Waals surface area (Å²) in [4.78, 5) is 17.4. The Hall–Kier alpha value is -1.66. The SMILES string of the molecule is CC(C)N(C)[C@@H]1CCN(C(=O)c2ccsc2)[C@H]1Cc1cnn(C)c1. The number of amides is 1. The third kappa shape index (κ3) is 3.39. The van der Waals surface area contributed by atoms with E-state index in [1.165, 1.54) is 5.56 Å². The second kappa shape index (κ2) is 7.07. The zero-order valence-corrected chi connectivity index (χ0v) is 15.7. The number of nitrogens with zero attached hydrogens (tertiary/aromatic N) is 4. The highest BCUT2D eigenvalue weighted by Gasteiger charge is 2.40. The molecular formula is C18H26N4OS. The van der Waals surface area contributed by atoms with E-state index in [-0.39, 0.29) is 11.9 Å². The second-order valence-corrected chi connectivity index (χ2v) is 7.70. The van der Waals surface area contributed by atoms with Crippen LogP contribution in [0.15, 0.2) is 29.2 Å². The van der Waals surface area contributed by atoms with Crippen molar-refractivity contribution >= 4 is 17.2 Å². The van der Waals surface area contributed by atoms with E-state index in [1.54, 1.807) is 11.3 Å². The summed E-state index contributed by atoms with van der Waals surface area (Å²) >= 11 is 1.58. The third-order valence-corrected chi connectivity index (χ3v) is 5.76. The number of carbonyl (C=O) groups excluding carboxylic acids is 1. The van der Waals surface area contributed by atoms with Crippen molar-refractivity contribution in [3.8, 4) is 0 Å². The number of aryl methyl sites for hydroxylation is 1. The molecule has 1 saturated heterocycles. The molecule has 0 unspecified atom stereocenters. The fraction of sp³-hybridized carbons (Fsp3) is 0.556. The highest BCUT2D eigenvalue weighted by molar-refractivity contribution is 7.08. The number of likely N-dealkylation sites (N-methyl/N-ethyl adjacent to an activating group) is 1. The lowest BCUT2D eigenvalue weighted by Crippen LogP contribution is -2.48. The summed E-state index contributed by atoms with van der Waals surface area (Å²) in [6.45, 7) is 5.25.